The number of thiazole rings is 1. The molecule has 154 valence electrons. The normalized spacial score (nSPS) is 17.2. The second kappa shape index (κ2) is 8.51. The molecular weight excluding hydrogens is 386 g/mol. The van der Waals surface area contributed by atoms with Crippen molar-refractivity contribution in [1.82, 2.24) is 20.1 Å². The molecule has 1 saturated carbocycles. The number of nitrogens with zero attached hydrogens (tertiary/aromatic N) is 3. The van der Waals surface area contributed by atoms with E-state index in [-0.39, 0.29) is 11.9 Å². The monoisotopic (exact) mass is 413 g/mol. The molecule has 3 amide bonds. The van der Waals surface area contributed by atoms with Crippen LogP contribution in [0.3, 0.4) is 0 Å². The molecular formula is C21H27N5O2S. The molecule has 0 radical (unpaired) electrons. The molecule has 2 aliphatic rings. The number of urea groups is 1. The van der Waals surface area contributed by atoms with Crippen LogP contribution in [0.5, 0.6) is 0 Å². The van der Waals surface area contributed by atoms with Crippen molar-refractivity contribution in [2.24, 2.45) is 0 Å². The molecule has 7 nitrogen and oxygen atoms in total. The van der Waals surface area contributed by atoms with Gasteiger partial charge in [-0.1, -0.05) is 6.07 Å². The Hall–Kier alpha value is -2.45. The van der Waals surface area contributed by atoms with Gasteiger partial charge in [0.2, 0.25) is 0 Å². The number of nitrogens with one attached hydrogen (secondary N) is 2. The van der Waals surface area contributed by atoms with E-state index in [0.29, 0.717) is 30.4 Å². The SMILES string of the molecule is Cc1nc(CN2CCN(C(=O)Nc3cc(C(=O)NC4CC4)ccc3C)CC2)cs1. The number of carbonyl (C=O) groups is 2. The van der Waals surface area contributed by atoms with Crippen LogP contribution in [0.2, 0.25) is 0 Å². The molecule has 0 unspecified atom stereocenters. The molecule has 29 heavy (non-hydrogen) atoms. The van der Waals surface area contributed by atoms with Crippen LogP contribution in [-0.2, 0) is 6.54 Å². The molecule has 2 N–H and O–H groups in total. The number of anilines is 1. The lowest BCUT2D eigenvalue weighted by Crippen LogP contribution is -2.49. The lowest BCUT2D eigenvalue weighted by molar-refractivity contribution is 0.0951. The minimum atomic E-state index is -0.114. The van der Waals surface area contributed by atoms with Crippen LogP contribution in [0.1, 0.15) is 39.5 Å². The van der Waals surface area contributed by atoms with Gasteiger partial charge in [-0.2, -0.15) is 0 Å². The molecule has 2 heterocycles. The van der Waals surface area contributed by atoms with Crippen molar-refractivity contribution < 1.29 is 9.59 Å². The van der Waals surface area contributed by atoms with Crippen LogP contribution >= 0.6 is 11.3 Å². The Bertz CT molecular complexity index is 900. The maximum atomic E-state index is 12.7. The molecule has 1 aromatic heterocycles. The summed E-state index contributed by atoms with van der Waals surface area (Å²) < 4.78 is 0. The summed E-state index contributed by atoms with van der Waals surface area (Å²) in [5.41, 5.74) is 3.32. The first-order valence-electron chi connectivity index (χ1n) is 10.1. The number of amides is 3. The summed E-state index contributed by atoms with van der Waals surface area (Å²) in [5.74, 6) is -0.0751. The van der Waals surface area contributed by atoms with Gasteiger partial charge < -0.3 is 15.5 Å². The van der Waals surface area contributed by atoms with Crippen LogP contribution in [-0.4, -0.2) is 58.9 Å². The molecule has 4 rings (SSSR count). The van der Waals surface area contributed by atoms with Crippen LogP contribution in [0.25, 0.3) is 0 Å². The molecule has 1 saturated heterocycles. The van der Waals surface area contributed by atoms with E-state index in [1.807, 2.05) is 30.9 Å². The summed E-state index contributed by atoms with van der Waals surface area (Å²) in [4.78, 5) is 33.7. The highest BCUT2D eigenvalue weighted by Crippen LogP contribution is 2.22. The standard InChI is InChI=1S/C21H27N5O2S/c1-14-3-4-16(20(27)23-17-5-6-17)11-19(14)24-21(28)26-9-7-25(8-10-26)12-18-13-29-15(2)22-18/h3-4,11,13,17H,5-10,12H2,1-2H3,(H,23,27)(H,24,28). The van der Waals surface area contributed by atoms with Gasteiger partial charge in [-0.25, -0.2) is 9.78 Å². The van der Waals surface area contributed by atoms with Gasteiger partial charge in [0.15, 0.2) is 0 Å². The zero-order chi connectivity index (χ0) is 20.4. The average molecular weight is 414 g/mol. The Balaban J connectivity index is 1.31. The van der Waals surface area contributed by atoms with E-state index in [1.165, 1.54) is 0 Å². The summed E-state index contributed by atoms with van der Waals surface area (Å²) in [6, 6.07) is 5.65. The number of benzene rings is 1. The number of carbonyl (C=O) groups excluding carboxylic acids is 2. The van der Waals surface area contributed by atoms with Gasteiger partial charge in [0.05, 0.1) is 10.7 Å². The van der Waals surface area contributed by atoms with Gasteiger partial charge in [-0.05, 0) is 44.4 Å². The minimum absolute atomic E-state index is 0.0751. The quantitative estimate of drug-likeness (QED) is 0.790. The van der Waals surface area contributed by atoms with Gasteiger partial charge in [-0.3, -0.25) is 9.69 Å². The van der Waals surface area contributed by atoms with E-state index >= 15 is 0 Å². The largest absolute Gasteiger partial charge is 0.349 e. The van der Waals surface area contributed by atoms with Gasteiger partial charge in [-0.15, -0.1) is 11.3 Å². The van der Waals surface area contributed by atoms with Crippen LogP contribution in [0.15, 0.2) is 23.6 Å². The Kier molecular flexibility index (Phi) is 5.82. The number of hydrogen-bond acceptors (Lipinski definition) is 5. The number of rotatable bonds is 5. The predicted octanol–water partition coefficient (Wildman–Crippen LogP) is 3.00. The van der Waals surface area contributed by atoms with Gasteiger partial charge >= 0.3 is 6.03 Å². The van der Waals surface area contributed by atoms with Crippen molar-refractivity contribution in [2.45, 2.75) is 39.3 Å². The van der Waals surface area contributed by atoms with E-state index < -0.39 is 0 Å². The topological polar surface area (TPSA) is 77.6 Å². The van der Waals surface area contributed by atoms with E-state index in [4.69, 9.17) is 0 Å². The Morgan fingerprint density at radius 1 is 1.17 bits per heavy atom. The number of piperazine rings is 1. The fourth-order valence-corrected chi connectivity index (χ4v) is 4.01. The maximum Gasteiger partial charge on any atom is 0.321 e. The molecule has 1 aliphatic carbocycles. The predicted molar refractivity (Wildman–Crippen MR) is 114 cm³/mol. The van der Waals surface area contributed by atoms with Crippen LogP contribution < -0.4 is 10.6 Å². The fraction of sp³-hybridized carbons (Fsp3) is 0.476. The maximum absolute atomic E-state index is 12.7. The Morgan fingerprint density at radius 3 is 2.59 bits per heavy atom. The molecule has 1 aromatic carbocycles. The molecule has 2 fully saturated rings. The van der Waals surface area contributed by atoms with E-state index in [9.17, 15) is 9.59 Å². The van der Waals surface area contributed by atoms with E-state index in [0.717, 1.165) is 48.7 Å². The highest BCUT2D eigenvalue weighted by Gasteiger charge is 2.25. The molecule has 2 aromatic rings. The first-order chi connectivity index (χ1) is 14.0. The van der Waals surface area contributed by atoms with Crippen molar-refractivity contribution in [3.8, 4) is 0 Å². The number of aryl methyl sites for hydroxylation is 2. The summed E-state index contributed by atoms with van der Waals surface area (Å²) in [7, 11) is 0. The smallest absolute Gasteiger partial charge is 0.321 e. The van der Waals surface area contributed by atoms with Crippen LogP contribution in [0, 0.1) is 13.8 Å². The highest BCUT2D eigenvalue weighted by molar-refractivity contribution is 7.09. The number of aromatic nitrogens is 1. The van der Waals surface area contributed by atoms with Gasteiger partial charge in [0, 0.05) is 55.4 Å². The minimum Gasteiger partial charge on any atom is -0.349 e. The first-order valence-corrected chi connectivity index (χ1v) is 11.0. The van der Waals surface area contributed by atoms with Gasteiger partial charge in [0.25, 0.3) is 5.91 Å². The molecule has 0 atom stereocenters. The average Bonchev–Trinajstić information content (AvgIpc) is 3.43. The molecule has 8 heteroatoms. The van der Waals surface area contributed by atoms with Crippen molar-refractivity contribution in [1.29, 1.82) is 0 Å². The second-order valence-electron chi connectivity index (χ2n) is 7.83. The highest BCUT2D eigenvalue weighted by atomic mass is 32.1. The molecule has 0 spiro atoms. The van der Waals surface area contributed by atoms with Gasteiger partial charge in [0.1, 0.15) is 0 Å². The third-order valence-electron chi connectivity index (χ3n) is 5.37. The first kappa shape index (κ1) is 19.8. The van der Waals surface area contributed by atoms with E-state index in [1.54, 1.807) is 17.4 Å². The fourth-order valence-electron chi connectivity index (χ4n) is 3.41. The summed E-state index contributed by atoms with van der Waals surface area (Å²) in [5, 5.41) is 9.16. The summed E-state index contributed by atoms with van der Waals surface area (Å²) >= 11 is 1.67. The molecule has 1 aliphatic heterocycles. The Morgan fingerprint density at radius 2 is 1.93 bits per heavy atom. The van der Waals surface area contributed by atoms with Crippen molar-refractivity contribution in [3.63, 3.8) is 0 Å². The Labute approximate surface area is 175 Å². The van der Waals surface area contributed by atoms with Crippen LogP contribution in [0.4, 0.5) is 10.5 Å². The summed E-state index contributed by atoms with van der Waals surface area (Å²) in [6.07, 6.45) is 2.10. The number of hydrogen-bond donors (Lipinski definition) is 2. The zero-order valence-corrected chi connectivity index (χ0v) is 17.7. The second-order valence-corrected chi connectivity index (χ2v) is 8.89. The zero-order valence-electron chi connectivity index (χ0n) is 16.9. The van der Waals surface area contributed by atoms with Crippen molar-refractivity contribution in [2.75, 3.05) is 31.5 Å². The van der Waals surface area contributed by atoms with Crippen molar-refractivity contribution >= 4 is 29.0 Å². The van der Waals surface area contributed by atoms with Crippen molar-refractivity contribution in [3.05, 3.63) is 45.4 Å². The third-order valence-corrected chi connectivity index (χ3v) is 6.19. The lowest BCUT2D eigenvalue weighted by atomic mass is 10.1. The molecule has 0 bridgehead atoms. The van der Waals surface area contributed by atoms with E-state index in [2.05, 4.69) is 25.9 Å². The lowest BCUT2D eigenvalue weighted by Gasteiger charge is -2.34. The third kappa shape index (κ3) is 5.13. The summed E-state index contributed by atoms with van der Waals surface area (Å²) in [6.45, 7) is 7.79.